The van der Waals surface area contributed by atoms with Crippen LogP contribution in [0.4, 0.5) is 4.79 Å². The number of amides is 2. The SMILES string of the molecule is CC(NC(=O)N(C)O)c1cc2ccccc2s1. The molecule has 1 aromatic heterocycles. The van der Waals surface area contributed by atoms with Crippen LogP contribution in [0.1, 0.15) is 17.8 Å². The second-order valence-corrected chi connectivity index (χ2v) is 5.00. The first-order valence-corrected chi connectivity index (χ1v) is 6.11. The highest BCUT2D eigenvalue weighted by Gasteiger charge is 2.13. The van der Waals surface area contributed by atoms with Gasteiger partial charge in [-0.05, 0) is 24.4 Å². The van der Waals surface area contributed by atoms with E-state index in [4.69, 9.17) is 5.21 Å². The van der Waals surface area contributed by atoms with Gasteiger partial charge in [0.05, 0.1) is 6.04 Å². The van der Waals surface area contributed by atoms with Crippen LogP contribution < -0.4 is 5.32 Å². The molecule has 17 heavy (non-hydrogen) atoms. The van der Waals surface area contributed by atoms with Crippen molar-refractivity contribution in [3.63, 3.8) is 0 Å². The summed E-state index contributed by atoms with van der Waals surface area (Å²) in [6.45, 7) is 1.89. The van der Waals surface area contributed by atoms with Gasteiger partial charge in [-0.25, -0.2) is 9.86 Å². The molecule has 5 heteroatoms. The average molecular weight is 250 g/mol. The summed E-state index contributed by atoms with van der Waals surface area (Å²) in [6, 6.07) is 9.52. The Kier molecular flexibility index (Phi) is 3.31. The molecule has 0 saturated carbocycles. The summed E-state index contributed by atoms with van der Waals surface area (Å²) in [6.07, 6.45) is 0. The van der Waals surface area contributed by atoms with Crippen molar-refractivity contribution in [1.29, 1.82) is 0 Å². The average Bonchev–Trinajstić information content (AvgIpc) is 2.72. The van der Waals surface area contributed by atoms with Crippen LogP contribution in [0.3, 0.4) is 0 Å². The molecule has 0 bridgehead atoms. The topological polar surface area (TPSA) is 52.6 Å². The molecule has 0 aliphatic rings. The molecule has 4 nitrogen and oxygen atoms in total. The van der Waals surface area contributed by atoms with E-state index in [0.29, 0.717) is 5.06 Å². The Hall–Kier alpha value is -1.59. The molecule has 0 spiro atoms. The molecule has 1 atom stereocenters. The Morgan fingerprint density at radius 3 is 2.82 bits per heavy atom. The zero-order valence-corrected chi connectivity index (χ0v) is 10.5. The maximum absolute atomic E-state index is 11.3. The predicted molar refractivity (Wildman–Crippen MR) is 68.3 cm³/mol. The van der Waals surface area contributed by atoms with Crippen LogP contribution in [0.25, 0.3) is 10.1 Å². The summed E-state index contributed by atoms with van der Waals surface area (Å²) >= 11 is 1.64. The van der Waals surface area contributed by atoms with Gasteiger partial charge >= 0.3 is 6.03 Å². The van der Waals surface area contributed by atoms with Gasteiger partial charge in [-0.15, -0.1) is 11.3 Å². The zero-order chi connectivity index (χ0) is 12.4. The highest BCUT2D eigenvalue weighted by molar-refractivity contribution is 7.19. The molecule has 0 radical (unpaired) electrons. The van der Waals surface area contributed by atoms with Crippen LogP contribution in [0.2, 0.25) is 0 Å². The van der Waals surface area contributed by atoms with Crippen LogP contribution >= 0.6 is 11.3 Å². The Morgan fingerprint density at radius 2 is 2.18 bits per heavy atom. The van der Waals surface area contributed by atoms with E-state index in [2.05, 4.69) is 17.4 Å². The van der Waals surface area contributed by atoms with E-state index >= 15 is 0 Å². The molecular weight excluding hydrogens is 236 g/mol. The lowest BCUT2D eigenvalue weighted by atomic mass is 10.2. The molecule has 2 rings (SSSR count). The first-order valence-electron chi connectivity index (χ1n) is 5.29. The van der Waals surface area contributed by atoms with Gasteiger partial charge in [-0.1, -0.05) is 18.2 Å². The molecule has 0 fully saturated rings. The number of rotatable bonds is 2. The van der Waals surface area contributed by atoms with Crippen molar-refractivity contribution in [2.75, 3.05) is 7.05 Å². The Balaban J connectivity index is 2.19. The number of carbonyl (C=O) groups is 1. The molecule has 1 unspecified atom stereocenters. The number of urea groups is 1. The first kappa shape index (κ1) is 11.9. The minimum absolute atomic E-state index is 0.116. The molecule has 1 aromatic carbocycles. The van der Waals surface area contributed by atoms with Crippen LogP contribution in [-0.4, -0.2) is 23.3 Å². The fourth-order valence-corrected chi connectivity index (χ4v) is 2.63. The molecule has 0 aliphatic carbocycles. The minimum Gasteiger partial charge on any atom is -0.329 e. The number of hydroxylamine groups is 2. The second kappa shape index (κ2) is 4.73. The van der Waals surface area contributed by atoms with Crippen molar-refractivity contribution in [2.45, 2.75) is 13.0 Å². The molecule has 90 valence electrons. The number of nitrogens with one attached hydrogen (secondary N) is 1. The van der Waals surface area contributed by atoms with Crippen molar-refractivity contribution >= 4 is 27.5 Å². The quantitative estimate of drug-likeness (QED) is 0.636. The molecule has 2 N–H and O–H groups in total. The number of nitrogens with zero attached hydrogens (tertiary/aromatic N) is 1. The van der Waals surface area contributed by atoms with E-state index in [0.717, 1.165) is 4.88 Å². The van der Waals surface area contributed by atoms with Crippen molar-refractivity contribution in [3.8, 4) is 0 Å². The number of fused-ring (bicyclic) bond motifs is 1. The van der Waals surface area contributed by atoms with E-state index in [-0.39, 0.29) is 6.04 Å². The lowest BCUT2D eigenvalue weighted by Gasteiger charge is -2.15. The van der Waals surface area contributed by atoms with Gasteiger partial charge in [0.25, 0.3) is 0 Å². The van der Waals surface area contributed by atoms with Gasteiger partial charge in [-0.2, -0.15) is 0 Å². The summed E-state index contributed by atoms with van der Waals surface area (Å²) in [7, 11) is 1.30. The normalized spacial score (nSPS) is 12.4. The van der Waals surface area contributed by atoms with Crippen LogP contribution in [0.5, 0.6) is 0 Å². The molecule has 2 aromatic rings. The van der Waals surface area contributed by atoms with E-state index in [1.54, 1.807) is 11.3 Å². The van der Waals surface area contributed by atoms with Crippen molar-refractivity contribution in [1.82, 2.24) is 10.4 Å². The number of benzene rings is 1. The largest absolute Gasteiger partial charge is 0.341 e. The summed E-state index contributed by atoms with van der Waals surface area (Å²) < 4.78 is 1.20. The molecule has 2 amide bonds. The molecule has 0 aliphatic heterocycles. The Labute approximate surface area is 103 Å². The van der Waals surface area contributed by atoms with E-state index in [1.165, 1.54) is 17.1 Å². The standard InChI is InChI=1S/C12H14N2O2S/c1-8(13-12(15)14(2)16)11-7-9-5-3-4-6-10(9)17-11/h3-8,16H,1-2H3,(H,13,15). The third-order valence-corrected chi connectivity index (χ3v) is 3.80. The van der Waals surface area contributed by atoms with Gasteiger partial charge in [0.2, 0.25) is 0 Å². The number of hydrogen-bond donors (Lipinski definition) is 2. The second-order valence-electron chi connectivity index (χ2n) is 3.88. The van der Waals surface area contributed by atoms with Crippen LogP contribution in [-0.2, 0) is 0 Å². The summed E-state index contributed by atoms with van der Waals surface area (Å²) in [5.41, 5.74) is 0. The summed E-state index contributed by atoms with van der Waals surface area (Å²) in [4.78, 5) is 12.4. The van der Waals surface area contributed by atoms with Gasteiger partial charge in [0, 0.05) is 16.6 Å². The highest BCUT2D eigenvalue weighted by atomic mass is 32.1. The Bertz CT molecular complexity index is 503. The predicted octanol–water partition coefficient (Wildman–Crippen LogP) is 2.99. The van der Waals surface area contributed by atoms with Crippen molar-refractivity contribution in [3.05, 3.63) is 35.2 Å². The number of thiophene rings is 1. The van der Waals surface area contributed by atoms with Crippen LogP contribution in [0, 0.1) is 0 Å². The summed E-state index contributed by atoms with van der Waals surface area (Å²) in [5.74, 6) is 0. The monoisotopic (exact) mass is 250 g/mol. The van der Waals surface area contributed by atoms with Crippen molar-refractivity contribution in [2.24, 2.45) is 0 Å². The molecule has 0 saturated heterocycles. The van der Waals surface area contributed by atoms with Gasteiger partial charge in [0.1, 0.15) is 0 Å². The maximum Gasteiger partial charge on any atom is 0.341 e. The van der Waals surface area contributed by atoms with Crippen LogP contribution in [0.15, 0.2) is 30.3 Å². The number of hydrogen-bond acceptors (Lipinski definition) is 3. The fraction of sp³-hybridized carbons (Fsp3) is 0.250. The zero-order valence-electron chi connectivity index (χ0n) is 9.68. The van der Waals surface area contributed by atoms with Gasteiger partial charge < -0.3 is 5.32 Å². The fourth-order valence-electron chi connectivity index (χ4n) is 1.57. The third-order valence-electron chi connectivity index (χ3n) is 2.51. The van der Waals surface area contributed by atoms with E-state index in [1.807, 2.05) is 25.1 Å². The van der Waals surface area contributed by atoms with Gasteiger partial charge in [-0.3, -0.25) is 5.21 Å². The first-order chi connectivity index (χ1) is 8.08. The maximum atomic E-state index is 11.3. The lowest BCUT2D eigenvalue weighted by molar-refractivity contribution is -0.0192. The van der Waals surface area contributed by atoms with E-state index < -0.39 is 6.03 Å². The Morgan fingerprint density at radius 1 is 1.47 bits per heavy atom. The minimum atomic E-state index is -0.505. The summed E-state index contributed by atoms with van der Waals surface area (Å²) in [5, 5.41) is 13.4. The third kappa shape index (κ3) is 2.57. The van der Waals surface area contributed by atoms with E-state index in [9.17, 15) is 4.79 Å². The van der Waals surface area contributed by atoms with Crippen molar-refractivity contribution < 1.29 is 10.0 Å². The molecule has 1 heterocycles. The number of carbonyl (C=O) groups excluding carboxylic acids is 1. The molecular formula is C12H14N2O2S. The highest BCUT2D eigenvalue weighted by Crippen LogP contribution is 2.29. The smallest absolute Gasteiger partial charge is 0.329 e. The van der Waals surface area contributed by atoms with Gasteiger partial charge in [0.15, 0.2) is 0 Å². The lowest BCUT2D eigenvalue weighted by Crippen LogP contribution is -2.36.